The number of nitrogen functional groups attached to an aromatic ring is 1. The second-order valence-corrected chi connectivity index (χ2v) is 4.84. The van der Waals surface area contributed by atoms with Crippen molar-refractivity contribution >= 4 is 11.6 Å². The Morgan fingerprint density at radius 2 is 1.95 bits per heavy atom. The summed E-state index contributed by atoms with van der Waals surface area (Å²) in [5, 5.41) is 11.7. The van der Waals surface area contributed by atoms with Crippen LogP contribution in [0.1, 0.15) is 30.6 Å². The maximum atomic E-state index is 13.1. The molecular weight excluding hydrogens is 254 g/mol. The quantitative estimate of drug-likeness (QED) is 0.714. The number of hydrogen-bond donors (Lipinski definition) is 3. The molecule has 0 spiro atoms. The zero-order chi connectivity index (χ0) is 14.6. The summed E-state index contributed by atoms with van der Waals surface area (Å²) in [7, 11) is 0. The SMILES string of the molecule is CC(C)CC(CO)NC(=O)c1cc(F)c(F)cc1N. The summed E-state index contributed by atoms with van der Waals surface area (Å²) >= 11 is 0. The third kappa shape index (κ3) is 4.17. The van der Waals surface area contributed by atoms with Gasteiger partial charge in [-0.2, -0.15) is 0 Å². The maximum absolute atomic E-state index is 13.1. The molecule has 19 heavy (non-hydrogen) atoms. The van der Waals surface area contributed by atoms with Crippen LogP contribution in [0.3, 0.4) is 0 Å². The number of nitrogens with two attached hydrogens (primary N) is 1. The maximum Gasteiger partial charge on any atom is 0.253 e. The molecule has 1 rings (SSSR count). The van der Waals surface area contributed by atoms with Gasteiger partial charge in [-0.05, 0) is 18.4 Å². The van der Waals surface area contributed by atoms with Crippen molar-refractivity contribution in [2.24, 2.45) is 5.92 Å². The number of halogens is 2. The van der Waals surface area contributed by atoms with Gasteiger partial charge in [0.25, 0.3) is 5.91 Å². The number of aliphatic hydroxyl groups is 1. The molecule has 0 fully saturated rings. The molecule has 0 aromatic heterocycles. The van der Waals surface area contributed by atoms with Crippen LogP contribution in [0.15, 0.2) is 12.1 Å². The number of benzene rings is 1. The van der Waals surface area contributed by atoms with E-state index in [0.717, 1.165) is 12.1 Å². The minimum atomic E-state index is -1.14. The van der Waals surface area contributed by atoms with Gasteiger partial charge in [0, 0.05) is 11.8 Å². The fraction of sp³-hybridized carbons (Fsp3) is 0.462. The third-order valence-corrected chi connectivity index (χ3v) is 2.65. The smallest absolute Gasteiger partial charge is 0.253 e. The number of rotatable bonds is 5. The van der Waals surface area contributed by atoms with Crippen LogP contribution in [-0.4, -0.2) is 23.7 Å². The lowest BCUT2D eigenvalue weighted by atomic mass is 10.0. The topological polar surface area (TPSA) is 75.3 Å². The summed E-state index contributed by atoms with van der Waals surface area (Å²) in [6.07, 6.45) is 0.575. The Bertz CT molecular complexity index is 464. The van der Waals surface area contributed by atoms with Gasteiger partial charge in [0.05, 0.1) is 18.2 Å². The molecule has 1 amide bonds. The number of amides is 1. The van der Waals surface area contributed by atoms with Crippen molar-refractivity contribution in [3.8, 4) is 0 Å². The lowest BCUT2D eigenvalue weighted by molar-refractivity contribution is 0.0908. The van der Waals surface area contributed by atoms with Crippen LogP contribution >= 0.6 is 0 Å². The Hall–Kier alpha value is -1.69. The van der Waals surface area contributed by atoms with Gasteiger partial charge in [-0.25, -0.2) is 8.78 Å². The van der Waals surface area contributed by atoms with Gasteiger partial charge < -0.3 is 16.2 Å². The molecule has 4 N–H and O–H groups in total. The average molecular weight is 272 g/mol. The monoisotopic (exact) mass is 272 g/mol. The lowest BCUT2D eigenvalue weighted by Crippen LogP contribution is -2.38. The molecule has 1 aromatic carbocycles. The van der Waals surface area contributed by atoms with E-state index in [1.54, 1.807) is 0 Å². The van der Waals surface area contributed by atoms with Gasteiger partial charge in [0.1, 0.15) is 0 Å². The van der Waals surface area contributed by atoms with Crippen molar-refractivity contribution < 1.29 is 18.7 Å². The summed E-state index contributed by atoms with van der Waals surface area (Å²) in [5.74, 6) is -2.59. The fourth-order valence-corrected chi connectivity index (χ4v) is 1.77. The first-order valence-corrected chi connectivity index (χ1v) is 6.01. The highest BCUT2D eigenvalue weighted by Crippen LogP contribution is 2.17. The summed E-state index contributed by atoms with van der Waals surface area (Å²) in [5.41, 5.74) is 5.20. The van der Waals surface area contributed by atoms with Crippen molar-refractivity contribution in [3.63, 3.8) is 0 Å². The Morgan fingerprint density at radius 1 is 1.37 bits per heavy atom. The fourth-order valence-electron chi connectivity index (χ4n) is 1.77. The highest BCUT2D eigenvalue weighted by atomic mass is 19.2. The summed E-state index contributed by atoms with van der Waals surface area (Å²) in [6.45, 7) is 3.66. The third-order valence-electron chi connectivity index (χ3n) is 2.65. The van der Waals surface area contributed by atoms with Crippen molar-refractivity contribution in [1.82, 2.24) is 5.32 Å². The van der Waals surface area contributed by atoms with Gasteiger partial charge >= 0.3 is 0 Å². The molecule has 0 aliphatic carbocycles. The van der Waals surface area contributed by atoms with Gasteiger partial charge in [-0.3, -0.25) is 4.79 Å². The Kier molecular flexibility index (Phi) is 5.23. The second kappa shape index (κ2) is 6.47. The van der Waals surface area contributed by atoms with Crippen LogP contribution in [0, 0.1) is 17.6 Å². The standard InChI is InChI=1S/C13H18F2N2O2/c1-7(2)3-8(6-18)17-13(19)9-4-10(14)11(15)5-12(9)16/h4-5,7-8,18H,3,6,16H2,1-2H3,(H,17,19). The summed E-state index contributed by atoms with van der Waals surface area (Å²) in [4.78, 5) is 11.9. The van der Waals surface area contributed by atoms with Gasteiger partial charge in [0.15, 0.2) is 11.6 Å². The van der Waals surface area contributed by atoms with Crippen molar-refractivity contribution in [3.05, 3.63) is 29.3 Å². The van der Waals surface area contributed by atoms with E-state index in [1.165, 1.54) is 0 Å². The minimum Gasteiger partial charge on any atom is -0.398 e. The van der Waals surface area contributed by atoms with Crippen LogP contribution in [0.2, 0.25) is 0 Å². The molecule has 0 saturated heterocycles. The van der Waals surface area contributed by atoms with E-state index in [-0.39, 0.29) is 23.8 Å². The Balaban J connectivity index is 2.85. The largest absolute Gasteiger partial charge is 0.398 e. The molecule has 1 aromatic rings. The van der Waals surface area contributed by atoms with Crippen molar-refractivity contribution in [1.29, 1.82) is 0 Å². The van der Waals surface area contributed by atoms with E-state index in [0.29, 0.717) is 6.42 Å². The lowest BCUT2D eigenvalue weighted by Gasteiger charge is -2.18. The molecule has 1 unspecified atom stereocenters. The van der Waals surface area contributed by atoms with Crippen molar-refractivity contribution in [2.45, 2.75) is 26.3 Å². The van der Waals surface area contributed by atoms with Crippen LogP contribution in [0.25, 0.3) is 0 Å². The molecule has 106 valence electrons. The van der Waals surface area contributed by atoms with E-state index in [2.05, 4.69) is 5.32 Å². The molecule has 0 aliphatic heterocycles. The molecular formula is C13H18F2N2O2. The van der Waals surface area contributed by atoms with Crippen LogP contribution in [0.5, 0.6) is 0 Å². The molecule has 0 radical (unpaired) electrons. The second-order valence-electron chi connectivity index (χ2n) is 4.84. The summed E-state index contributed by atoms with van der Waals surface area (Å²) < 4.78 is 26.0. The van der Waals surface area contributed by atoms with Crippen LogP contribution in [-0.2, 0) is 0 Å². The van der Waals surface area contributed by atoms with Crippen LogP contribution in [0.4, 0.5) is 14.5 Å². The molecule has 0 heterocycles. The average Bonchev–Trinajstić information content (AvgIpc) is 2.32. The first kappa shape index (κ1) is 15.4. The van der Waals surface area contributed by atoms with E-state index < -0.39 is 23.6 Å². The molecule has 6 heteroatoms. The first-order chi connectivity index (χ1) is 8.85. The summed E-state index contributed by atoms with van der Waals surface area (Å²) in [6, 6.07) is 1.07. The van der Waals surface area contributed by atoms with Gasteiger partial charge in [0.2, 0.25) is 0 Å². The predicted octanol–water partition coefficient (Wildman–Crippen LogP) is 1.68. The number of carbonyl (C=O) groups excluding carboxylic acids is 1. The van der Waals surface area contributed by atoms with Gasteiger partial charge in [-0.15, -0.1) is 0 Å². The molecule has 1 atom stereocenters. The zero-order valence-electron chi connectivity index (χ0n) is 10.9. The Labute approximate surface area is 110 Å². The Morgan fingerprint density at radius 3 is 2.47 bits per heavy atom. The predicted molar refractivity (Wildman–Crippen MR) is 68.6 cm³/mol. The number of aliphatic hydroxyl groups excluding tert-OH is 1. The highest BCUT2D eigenvalue weighted by Gasteiger charge is 2.18. The van der Waals surface area contributed by atoms with E-state index >= 15 is 0 Å². The molecule has 0 bridgehead atoms. The van der Waals surface area contributed by atoms with Crippen LogP contribution < -0.4 is 11.1 Å². The van der Waals surface area contributed by atoms with E-state index in [4.69, 9.17) is 10.8 Å². The van der Waals surface area contributed by atoms with E-state index in [1.807, 2.05) is 13.8 Å². The normalized spacial score (nSPS) is 12.5. The molecule has 0 aliphatic rings. The zero-order valence-corrected chi connectivity index (χ0v) is 10.9. The number of nitrogens with one attached hydrogen (secondary N) is 1. The van der Waals surface area contributed by atoms with Gasteiger partial charge in [-0.1, -0.05) is 13.8 Å². The van der Waals surface area contributed by atoms with Crippen molar-refractivity contribution in [2.75, 3.05) is 12.3 Å². The molecule has 0 saturated carbocycles. The number of hydrogen-bond acceptors (Lipinski definition) is 3. The van der Waals surface area contributed by atoms with E-state index in [9.17, 15) is 13.6 Å². The highest BCUT2D eigenvalue weighted by molar-refractivity contribution is 5.99. The number of carbonyl (C=O) groups is 1. The number of anilines is 1. The minimum absolute atomic E-state index is 0.138. The first-order valence-electron chi connectivity index (χ1n) is 6.01. The molecule has 4 nitrogen and oxygen atoms in total.